The summed E-state index contributed by atoms with van der Waals surface area (Å²) in [5.41, 5.74) is 7.18. The van der Waals surface area contributed by atoms with Gasteiger partial charge in [0.05, 0.1) is 6.54 Å². The van der Waals surface area contributed by atoms with Crippen LogP contribution in [0.2, 0.25) is 0 Å². The quantitative estimate of drug-likeness (QED) is 0.666. The fraction of sp³-hybridized carbons (Fsp3) is 0.333. The number of rotatable bonds is 6. The summed E-state index contributed by atoms with van der Waals surface area (Å²) < 4.78 is 0. The van der Waals surface area contributed by atoms with Crippen molar-refractivity contribution in [3.05, 3.63) is 29.8 Å². The lowest BCUT2D eigenvalue weighted by Gasteiger charge is -2.07. The fourth-order valence-electron chi connectivity index (χ4n) is 1.26. The number of nitrogens with two attached hydrogens (primary N) is 1. The third-order valence-corrected chi connectivity index (χ3v) is 2.43. The van der Waals surface area contributed by atoms with Crippen molar-refractivity contribution in [2.24, 2.45) is 5.73 Å². The summed E-state index contributed by atoms with van der Waals surface area (Å²) in [4.78, 5) is 11.7. The SMILES string of the molecule is CCCNC(=O)CNc1ccc(C(N)=S)cc1. The van der Waals surface area contributed by atoms with Gasteiger partial charge in [0, 0.05) is 17.8 Å². The summed E-state index contributed by atoms with van der Waals surface area (Å²) in [7, 11) is 0. The zero-order valence-electron chi connectivity index (χ0n) is 9.82. The van der Waals surface area contributed by atoms with Crippen LogP contribution in [-0.2, 0) is 4.79 Å². The first kappa shape index (κ1) is 13.4. The molecule has 0 radical (unpaired) electrons. The third kappa shape index (κ3) is 4.82. The van der Waals surface area contributed by atoms with Crippen molar-refractivity contribution >= 4 is 28.8 Å². The van der Waals surface area contributed by atoms with Gasteiger partial charge < -0.3 is 16.4 Å². The number of carbonyl (C=O) groups is 1. The molecule has 0 heterocycles. The van der Waals surface area contributed by atoms with Crippen molar-refractivity contribution in [1.29, 1.82) is 0 Å². The van der Waals surface area contributed by atoms with Gasteiger partial charge in [0.15, 0.2) is 0 Å². The van der Waals surface area contributed by atoms with Crippen LogP contribution in [0.5, 0.6) is 0 Å². The van der Waals surface area contributed by atoms with Crippen LogP contribution < -0.4 is 16.4 Å². The van der Waals surface area contributed by atoms with Gasteiger partial charge in [-0.05, 0) is 30.7 Å². The van der Waals surface area contributed by atoms with Crippen molar-refractivity contribution in [3.63, 3.8) is 0 Å². The average Bonchev–Trinajstić information content (AvgIpc) is 2.34. The van der Waals surface area contributed by atoms with E-state index in [1.807, 2.05) is 31.2 Å². The lowest BCUT2D eigenvalue weighted by Crippen LogP contribution is -2.30. The third-order valence-electron chi connectivity index (χ3n) is 2.19. The fourth-order valence-corrected chi connectivity index (χ4v) is 1.40. The molecule has 5 heteroatoms. The molecule has 0 saturated heterocycles. The molecule has 0 aromatic heterocycles. The Labute approximate surface area is 107 Å². The Balaban J connectivity index is 2.42. The van der Waals surface area contributed by atoms with E-state index in [0.717, 1.165) is 17.7 Å². The summed E-state index contributed by atoms with van der Waals surface area (Å²) in [6, 6.07) is 7.35. The second-order valence-corrected chi connectivity index (χ2v) is 4.08. The van der Waals surface area contributed by atoms with Crippen LogP contribution in [0.4, 0.5) is 5.69 Å². The molecule has 1 aromatic rings. The van der Waals surface area contributed by atoms with E-state index < -0.39 is 0 Å². The molecule has 0 saturated carbocycles. The van der Waals surface area contributed by atoms with Gasteiger partial charge in [-0.3, -0.25) is 4.79 Å². The molecular weight excluding hydrogens is 234 g/mol. The largest absolute Gasteiger partial charge is 0.389 e. The van der Waals surface area contributed by atoms with Gasteiger partial charge in [-0.15, -0.1) is 0 Å². The maximum Gasteiger partial charge on any atom is 0.239 e. The summed E-state index contributed by atoms with van der Waals surface area (Å²) in [6.07, 6.45) is 0.939. The van der Waals surface area contributed by atoms with Crippen molar-refractivity contribution < 1.29 is 4.79 Å². The number of carbonyl (C=O) groups excluding carboxylic acids is 1. The summed E-state index contributed by atoms with van der Waals surface area (Å²) in [5, 5.41) is 5.81. The van der Waals surface area contributed by atoms with E-state index >= 15 is 0 Å². The highest BCUT2D eigenvalue weighted by molar-refractivity contribution is 7.80. The zero-order valence-corrected chi connectivity index (χ0v) is 10.6. The van der Waals surface area contributed by atoms with Gasteiger partial charge in [-0.25, -0.2) is 0 Å². The Morgan fingerprint density at radius 3 is 2.53 bits per heavy atom. The Morgan fingerprint density at radius 1 is 1.35 bits per heavy atom. The molecule has 4 nitrogen and oxygen atoms in total. The number of benzene rings is 1. The van der Waals surface area contributed by atoms with Gasteiger partial charge in [-0.2, -0.15) is 0 Å². The molecule has 0 aliphatic carbocycles. The Morgan fingerprint density at radius 2 is 2.00 bits per heavy atom. The van der Waals surface area contributed by atoms with E-state index in [4.69, 9.17) is 18.0 Å². The van der Waals surface area contributed by atoms with Gasteiger partial charge >= 0.3 is 0 Å². The number of anilines is 1. The molecule has 0 unspecified atom stereocenters. The molecule has 0 aliphatic rings. The minimum Gasteiger partial charge on any atom is -0.389 e. The van der Waals surface area contributed by atoms with Gasteiger partial charge in [-0.1, -0.05) is 19.1 Å². The lowest BCUT2D eigenvalue weighted by molar-refractivity contribution is -0.119. The lowest BCUT2D eigenvalue weighted by atomic mass is 10.2. The first-order valence-electron chi connectivity index (χ1n) is 5.54. The second-order valence-electron chi connectivity index (χ2n) is 3.65. The maximum atomic E-state index is 11.3. The van der Waals surface area contributed by atoms with E-state index in [0.29, 0.717) is 11.5 Å². The van der Waals surface area contributed by atoms with Crippen LogP contribution in [0.15, 0.2) is 24.3 Å². The first-order chi connectivity index (χ1) is 8.13. The summed E-state index contributed by atoms with van der Waals surface area (Å²) in [6.45, 7) is 3.00. The van der Waals surface area contributed by atoms with Crippen molar-refractivity contribution in [3.8, 4) is 0 Å². The Kier molecular flexibility index (Phi) is 5.42. The van der Waals surface area contributed by atoms with Crippen LogP contribution in [0.25, 0.3) is 0 Å². The highest BCUT2D eigenvalue weighted by Crippen LogP contribution is 2.08. The Hall–Kier alpha value is -1.62. The van der Waals surface area contributed by atoms with Crippen molar-refractivity contribution in [1.82, 2.24) is 5.32 Å². The summed E-state index contributed by atoms with van der Waals surface area (Å²) >= 11 is 4.85. The van der Waals surface area contributed by atoms with Gasteiger partial charge in [0.25, 0.3) is 0 Å². The van der Waals surface area contributed by atoms with E-state index in [1.165, 1.54) is 0 Å². The molecular formula is C12H17N3OS. The van der Waals surface area contributed by atoms with E-state index in [9.17, 15) is 4.79 Å². The zero-order chi connectivity index (χ0) is 12.7. The second kappa shape index (κ2) is 6.85. The van der Waals surface area contributed by atoms with Crippen LogP contribution in [0.3, 0.4) is 0 Å². The average molecular weight is 251 g/mol. The molecule has 0 bridgehead atoms. The molecule has 0 atom stereocenters. The number of amides is 1. The van der Waals surface area contributed by atoms with Crippen LogP contribution in [-0.4, -0.2) is 24.0 Å². The topological polar surface area (TPSA) is 67.2 Å². The molecule has 4 N–H and O–H groups in total. The summed E-state index contributed by atoms with van der Waals surface area (Å²) in [5.74, 6) is -0.00901. The monoisotopic (exact) mass is 251 g/mol. The number of hydrogen-bond acceptors (Lipinski definition) is 3. The van der Waals surface area contributed by atoms with E-state index in [2.05, 4.69) is 10.6 Å². The molecule has 0 fully saturated rings. The predicted octanol–water partition coefficient (Wildman–Crippen LogP) is 1.26. The number of thiocarbonyl (C=S) groups is 1. The maximum absolute atomic E-state index is 11.3. The van der Waals surface area contributed by atoms with E-state index in [1.54, 1.807) is 0 Å². The molecule has 0 spiro atoms. The van der Waals surface area contributed by atoms with Gasteiger partial charge in [0.2, 0.25) is 5.91 Å². The molecule has 0 aliphatic heterocycles. The van der Waals surface area contributed by atoms with Crippen molar-refractivity contribution in [2.75, 3.05) is 18.4 Å². The number of nitrogens with one attached hydrogen (secondary N) is 2. The standard InChI is InChI=1S/C12H17N3OS/c1-2-7-14-11(16)8-15-10-5-3-9(4-6-10)12(13)17/h3-6,15H,2,7-8H2,1H3,(H2,13,17)(H,14,16). The van der Waals surface area contributed by atoms with E-state index in [-0.39, 0.29) is 12.5 Å². The van der Waals surface area contributed by atoms with Crippen LogP contribution >= 0.6 is 12.2 Å². The predicted molar refractivity (Wildman–Crippen MR) is 74.1 cm³/mol. The first-order valence-corrected chi connectivity index (χ1v) is 5.94. The van der Waals surface area contributed by atoms with Crippen molar-refractivity contribution in [2.45, 2.75) is 13.3 Å². The smallest absolute Gasteiger partial charge is 0.239 e. The Bertz CT molecular complexity index is 389. The minimum absolute atomic E-state index is 0.00901. The molecule has 1 rings (SSSR count). The molecule has 1 aromatic carbocycles. The minimum atomic E-state index is -0.00901. The highest BCUT2D eigenvalue weighted by atomic mass is 32.1. The van der Waals surface area contributed by atoms with Gasteiger partial charge in [0.1, 0.15) is 4.99 Å². The molecule has 92 valence electrons. The van der Waals surface area contributed by atoms with Crippen LogP contribution in [0.1, 0.15) is 18.9 Å². The molecule has 1 amide bonds. The van der Waals surface area contributed by atoms with Crippen LogP contribution in [0, 0.1) is 0 Å². The highest BCUT2D eigenvalue weighted by Gasteiger charge is 2.00. The normalized spacial score (nSPS) is 9.71. The number of hydrogen-bond donors (Lipinski definition) is 3. The molecule has 17 heavy (non-hydrogen) atoms.